The molecule has 2 aromatic carbocycles. The number of fused-ring (bicyclic) bond motifs is 2. The Hall–Kier alpha value is -2.04. The second-order valence-electron chi connectivity index (χ2n) is 13.7. The Labute approximate surface area is 230 Å². The summed E-state index contributed by atoms with van der Waals surface area (Å²) in [5.74, 6) is 1.79. The van der Waals surface area contributed by atoms with E-state index in [2.05, 4.69) is 75.1 Å². The molecule has 0 amide bonds. The topological polar surface area (TPSA) is 13.0 Å². The average Bonchev–Trinajstić information content (AvgIpc) is 3.46. The summed E-state index contributed by atoms with van der Waals surface area (Å²) >= 11 is 0. The molecule has 8 rings (SSSR count). The van der Waals surface area contributed by atoms with Gasteiger partial charge in [0.15, 0.2) is 0 Å². The van der Waals surface area contributed by atoms with E-state index in [9.17, 15) is 0 Å². The van der Waals surface area contributed by atoms with Crippen LogP contribution in [-0.2, 0) is 10.8 Å². The number of piperidine rings is 2. The van der Waals surface area contributed by atoms with Gasteiger partial charge in [-0.05, 0) is 98.7 Å². The largest absolute Gasteiger partial charge is 0.372 e. The summed E-state index contributed by atoms with van der Waals surface area (Å²) in [6, 6.07) is 20.3. The van der Waals surface area contributed by atoms with Crippen LogP contribution in [-0.4, -0.2) is 74.7 Å². The molecule has 2 aromatic rings. The van der Waals surface area contributed by atoms with Crippen LogP contribution in [0.1, 0.15) is 63.0 Å². The van der Waals surface area contributed by atoms with Gasteiger partial charge in [0.05, 0.1) is 0 Å². The van der Waals surface area contributed by atoms with Gasteiger partial charge < -0.3 is 19.6 Å². The number of benzene rings is 2. The van der Waals surface area contributed by atoms with Crippen molar-refractivity contribution in [2.45, 2.75) is 68.7 Å². The maximum atomic E-state index is 2.80. The van der Waals surface area contributed by atoms with Crippen LogP contribution < -0.4 is 9.80 Å². The highest BCUT2D eigenvalue weighted by Gasteiger charge is 2.61. The van der Waals surface area contributed by atoms with E-state index < -0.39 is 0 Å². The highest BCUT2D eigenvalue weighted by Crippen LogP contribution is 2.60. The first-order valence-corrected chi connectivity index (χ1v) is 15.8. The number of rotatable bonds is 8. The van der Waals surface area contributed by atoms with E-state index in [1.54, 1.807) is 11.1 Å². The molecule has 4 aliphatic heterocycles. The van der Waals surface area contributed by atoms with Gasteiger partial charge in [0.2, 0.25) is 0 Å². The van der Waals surface area contributed by atoms with Crippen molar-refractivity contribution in [3.05, 3.63) is 59.7 Å². The summed E-state index contributed by atoms with van der Waals surface area (Å²) in [5, 5.41) is 0. The third-order valence-electron chi connectivity index (χ3n) is 11.7. The predicted molar refractivity (Wildman–Crippen MR) is 157 cm³/mol. The molecular formula is C34H46N4. The van der Waals surface area contributed by atoms with Crippen LogP contribution in [0.25, 0.3) is 0 Å². The van der Waals surface area contributed by atoms with Crippen molar-refractivity contribution in [2.24, 2.45) is 11.8 Å². The number of hydrogen-bond donors (Lipinski definition) is 0. The lowest BCUT2D eigenvalue weighted by Gasteiger charge is -2.30. The minimum Gasteiger partial charge on any atom is -0.372 e. The maximum Gasteiger partial charge on any atom is 0.0368 e. The van der Waals surface area contributed by atoms with Gasteiger partial charge in [-0.3, -0.25) is 0 Å². The highest BCUT2D eigenvalue weighted by atomic mass is 15.2. The third-order valence-corrected chi connectivity index (χ3v) is 11.7. The second kappa shape index (κ2) is 8.99. The molecule has 0 bridgehead atoms. The molecule has 0 spiro atoms. The quantitative estimate of drug-likeness (QED) is 0.464. The minimum absolute atomic E-state index is 0.461. The van der Waals surface area contributed by atoms with Gasteiger partial charge in [0.1, 0.15) is 0 Å². The molecule has 0 N–H and O–H groups in total. The Kier molecular flexibility index (Phi) is 5.64. The molecule has 4 saturated heterocycles. The fourth-order valence-corrected chi connectivity index (χ4v) is 9.25. The first-order valence-electron chi connectivity index (χ1n) is 15.8. The molecule has 0 aromatic heterocycles. The van der Waals surface area contributed by atoms with Crippen LogP contribution >= 0.6 is 0 Å². The number of nitrogens with zero attached hydrogens (tertiary/aromatic N) is 4. The maximum absolute atomic E-state index is 2.80. The Morgan fingerprint density at radius 2 is 1.32 bits per heavy atom. The Bertz CT molecular complexity index is 1150. The zero-order chi connectivity index (χ0) is 25.3. The van der Waals surface area contributed by atoms with Crippen molar-refractivity contribution in [1.82, 2.24) is 9.80 Å². The van der Waals surface area contributed by atoms with E-state index in [0.29, 0.717) is 16.9 Å². The zero-order valence-corrected chi connectivity index (χ0v) is 23.5. The second-order valence-corrected chi connectivity index (χ2v) is 13.7. The van der Waals surface area contributed by atoms with Gasteiger partial charge in [-0.2, -0.15) is 0 Å². The number of likely N-dealkylation sites (N-methyl/N-ethyl adjacent to an activating group) is 1. The minimum atomic E-state index is 0.461. The monoisotopic (exact) mass is 510 g/mol. The molecule has 6 fully saturated rings. The van der Waals surface area contributed by atoms with E-state index >= 15 is 0 Å². The van der Waals surface area contributed by atoms with Crippen molar-refractivity contribution in [2.75, 3.05) is 68.7 Å². The molecule has 202 valence electrons. The van der Waals surface area contributed by atoms with Crippen molar-refractivity contribution in [3.63, 3.8) is 0 Å². The van der Waals surface area contributed by atoms with Crippen LogP contribution in [0.2, 0.25) is 0 Å². The van der Waals surface area contributed by atoms with Crippen molar-refractivity contribution < 1.29 is 0 Å². The van der Waals surface area contributed by atoms with Crippen LogP contribution in [0, 0.1) is 11.8 Å². The fraction of sp³-hybridized carbons (Fsp3) is 0.647. The SMILES string of the molecule is CCN1CC2CC2(c2ccc(N3CCCC3CCN3CC4CC4(c4ccc(N5CCCC5)cc4)C3)cc2)C1. The lowest BCUT2D eigenvalue weighted by Crippen LogP contribution is -2.35. The van der Waals surface area contributed by atoms with Crippen molar-refractivity contribution >= 4 is 11.4 Å². The smallest absolute Gasteiger partial charge is 0.0368 e. The summed E-state index contributed by atoms with van der Waals surface area (Å²) in [7, 11) is 0. The standard InChI is InChI=1S/C34H46N4/c1-2-35-22-28-20-33(28,24-35)27-9-13-32(14-10-27)38-18-5-6-31(38)15-19-36-23-29-21-34(29,25-36)26-7-11-30(12-8-26)37-16-3-4-17-37/h7-14,28-29,31H,2-6,15-25H2,1H3. The average molecular weight is 511 g/mol. The summed E-state index contributed by atoms with van der Waals surface area (Å²) in [4.78, 5) is 10.7. The van der Waals surface area contributed by atoms with E-state index in [1.165, 1.54) is 115 Å². The van der Waals surface area contributed by atoms with Crippen LogP contribution in [0.4, 0.5) is 11.4 Å². The normalized spacial score (nSPS) is 36.2. The van der Waals surface area contributed by atoms with E-state index in [1.807, 2.05) is 0 Å². The summed E-state index contributed by atoms with van der Waals surface area (Å²) in [6.45, 7) is 13.7. The fourth-order valence-electron chi connectivity index (χ4n) is 9.25. The summed E-state index contributed by atoms with van der Waals surface area (Å²) in [6.07, 6.45) is 9.55. The van der Waals surface area contributed by atoms with Gasteiger partial charge in [-0.15, -0.1) is 0 Å². The Morgan fingerprint density at radius 1 is 0.711 bits per heavy atom. The van der Waals surface area contributed by atoms with Gasteiger partial charge >= 0.3 is 0 Å². The molecule has 4 heteroatoms. The van der Waals surface area contributed by atoms with Crippen LogP contribution in [0.5, 0.6) is 0 Å². The van der Waals surface area contributed by atoms with Gasteiger partial charge in [-0.25, -0.2) is 0 Å². The molecule has 2 aliphatic carbocycles. The molecule has 5 unspecified atom stereocenters. The highest BCUT2D eigenvalue weighted by molar-refractivity contribution is 5.53. The molecule has 4 nitrogen and oxygen atoms in total. The summed E-state index contributed by atoms with van der Waals surface area (Å²) in [5.41, 5.74) is 7.06. The van der Waals surface area contributed by atoms with Gasteiger partial charge in [0.25, 0.3) is 0 Å². The van der Waals surface area contributed by atoms with Crippen LogP contribution in [0.15, 0.2) is 48.5 Å². The van der Waals surface area contributed by atoms with Crippen LogP contribution in [0.3, 0.4) is 0 Å². The molecular weight excluding hydrogens is 464 g/mol. The van der Waals surface area contributed by atoms with E-state index in [0.717, 1.165) is 11.8 Å². The van der Waals surface area contributed by atoms with Crippen molar-refractivity contribution in [1.29, 1.82) is 0 Å². The predicted octanol–water partition coefficient (Wildman–Crippen LogP) is 5.51. The number of anilines is 2. The van der Waals surface area contributed by atoms with E-state index in [-0.39, 0.29) is 0 Å². The molecule has 6 aliphatic rings. The van der Waals surface area contributed by atoms with Gasteiger partial charge in [0, 0.05) is 80.6 Å². The van der Waals surface area contributed by atoms with Gasteiger partial charge in [-0.1, -0.05) is 31.2 Å². The third kappa shape index (κ3) is 3.84. The molecule has 5 atom stereocenters. The van der Waals surface area contributed by atoms with E-state index in [4.69, 9.17) is 0 Å². The first-order chi connectivity index (χ1) is 18.7. The first kappa shape index (κ1) is 23.8. The lowest BCUT2D eigenvalue weighted by atomic mass is 9.94. The molecule has 4 heterocycles. The Balaban J connectivity index is 0.879. The number of likely N-dealkylation sites (tertiary alicyclic amines) is 2. The summed E-state index contributed by atoms with van der Waals surface area (Å²) < 4.78 is 0. The zero-order valence-electron chi connectivity index (χ0n) is 23.5. The molecule has 2 saturated carbocycles. The Morgan fingerprint density at radius 3 is 1.95 bits per heavy atom. The lowest BCUT2D eigenvalue weighted by molar-refractivity contribution is 0.285. The molecule has 38 heavy (non-hydrogen) atoms. The van der Waals surface area contributed by atoms with Crippen molar-refractivity contribution in [3.8, 4) is 0 Å². The number of hydrogen-bond acceptors (Lipinski definition) is 4. The molecule has 0 radical (unpaired) electrons.